The highest BCUT2D eigenvalue weighted by Gasteiger charge is 2.19. The van der Waals surface area contributed by atoms with Crippen molar-refractivity contribution in [2.75, 3.05) is 0 Å². The molecule has 1 atom stereocenters. The van der Waals surface area contributed by atoms with E-state index in [4.69, 9.17) is 5.26 Å². The molecule has 0 aromatic heterocycles. The van der Waals surface area contributed by atoms with Crippen molar-refractivity contribution >= 4 is 0 Å². The average molecular weight is 196 g/mol. The summed E-state index contributed by atoms with van der Waals surface area (Å²) in [6.45, 7) is 11.2. The molecule has 0 aromatic carbocycles. The maximum absolute atomic E-state index is 8.47. The van der Waals surface area contributed by atoms with Gasteiger partial charge < -0.3 is 0 Å². The molecule has 14 heavy (non-hydrogen) atoms. The van der Waals surface area contributed by atoms with Gasteiger partial charge in [0.25, 0.3) is 0 Å². The summed E-state index contributed by atoms with van der Waals surface area (Å²) in [5.41, 5.74) is 0. The lowest BCUT2D eigenvalue weighted by molar-refractivity contribution is 0.115. The molecule has 0 N–H and O–H groups in total. The summed E-state index contributed by atoms with van der Waals surface area (Å²) >= 11 is 0. The van der Waals surface area contributed by atoms with Crippen LogP contribution in [-0.2, 0) is 0 Å². The van der Waals surface area contributed by atoms with Crippen LogP contribution in [0.25, 0.3) is 0 Å². The lowest BCUT2D eigenvalue weighted by Gasteiger charge is -2.36. The Kier molecular flexibility index (Phi) is 6.57. The molecule has 0 aliphatic rings. The molecular weight excluding hydrogens is 172 g/mol. The maximum Gasteiger partial charge on any atom is 0.0621 e. The highest BCUT2D eigenvalue weighted by atomic mass is 15.2. The zero-order valence-electron chi connectivity index (χ0n) is 10.2. The summed E-state index contributed by atoms with van der Waals surface area (Å²) in [6.07, 6.45) is 2.84. The van der Waals surface area contributed by atoms with Crippen LogP contribution in [0.3, 0.4) is 0 Å². The van der Waals surface area contributed by atoms with Gasteiger partial charge in [0, 0.05) is 24.5 Å². The van der Waals surface area contributed by atoms with Crippen LogP contribution in [0.2, 0.25) is 0 Å². The summed E-state index contributed by atoms with van der Waals surface area (Å²) in [5, 5.41) is 8.47. The van der Waals surface area contributed by atoms with E-state index in [9.17, 15) is 0 Å². The van der Waals surface area contributed by atoms with Gasteiger partial charge in [0.05, 0.1) is 6.07 Å². The smallest absolute Gasteiger partial charge is 0.0621 e. The zero-order valence-corrected chi connectivity index (χ0v) is 10.2. The van der Waals surface area contributed by atoms with E-state index in [2.05, 4.69) is 45.6 Å². The molecule has 0 fully saturated rings. The van der Waals surface area contributed by atoms with Gasteiger partial charge in [-0.2, -0.15) is 5.26 Å². The molecule has 0 heterocycles. The van der Waals surface area contributed by atoms with E-state index >= 15 is 0 Å². The van der Waals surface area contributed by atoms with Crippen molar-refractivity contribution in [1.82, 2.24) is 4.90 Å². The quantitative estimate of drug-likeness (QED) is 0.610. The fraction of sp³-hybridized carbons (Fsp3) is 0.917. The molecule has 0 aliphatic carbocycles. The molecule has 82 valence electrons. The van der Waals surface area contributed by atoms with Crippen LogP contribution in [0.15, 0.2) is 0 Å². The largest absolute Gasteiger partial charge is 0.296 e. The summed E-state index contributed by atoms with van der Waals surface area (Å²) < 4.78 is 0. The van der Waals surface area contributed by atoms with Gasteiger partial charge in [0.1, 0.15) is 0 Å². The molecule has 1 unspecified atom stereocenters. The Labute approximate surface area is 88.9 Å². The van der Waals surface area contributed by atoms with Gasteiger partial charge in [-0.1, -0.05) is 0 Å². The van der Waals surface area contributed by atoms with Crippen molar-refractivity contribution in [1.29, 1.82) is 5.26 Å². The summed E-state index contributed by atoms with van der Waals surface area (Å²) in [4.78, 5) is 2.51. The van der Waals surface area contributed by atoms with E-state index in [1.165, 1.54) is 0 Å². The predicted octanol–water partition coefficient (Wildman–Crippen LogP) is 3.19. The van der Waals surface area contributed by atoms with Gasteiger partial charge in [-0.25, -0.2) is 0 Å². The first-order valence-electron chi connectivity index (χ1n) is 5.65. The Morgan fingerprint density at radius 1 is 1.07 bits per heavy atom. The van der Waals surface area contributed by atoms with Gasteiger partial charge in [-0.3, -0.25) is 4.90 Å². The number of hydrogen-bond donors (Lipinski definition) is 0. The minimum atomic E-state index is 0.586. The Hall–Kier alpha value is -0.550. The molecule has 0 saturated carbocycles. The van der Waals surface area contributed by atoms with Crippen molar-refractivity contribution in [2.24, 2.45) is 0 Å². The predicted molar refractivity (Wildman–Crippen MR) is 61.0 cm³/mol. The van der Waals surface area contributed by atoms with E-state index < -0.39 is 0 Å². The molecule has 0 amide bonds. The van der Waals surface area contributed by atoms with Crippen molar-refractivity contribution < 1.29 is 0 Å². The van der Waals surface area contributed by atoms with Gasteiger partial charge in [-0.15, -0.1) is 0 Å². The molecule has 0 rings (SSSR count). The highest BCUT2D eigenvalue weighted by molar-refractivity contribution is 4.76. The van der Waals surface area contributed by atoms with Gasteiger partial charge >= 0.3 is 0 Å². The van der Waals surface area contributed by atoms with E-state index in [0.717, 1.165) is 12.8 Å². The molecule has 2 nitrogen and oxygen atoms in total. The second-order valence-corrected chi connectivity index (χ2v) is 4.53. The second-order valence-electron chi connectivity index (χ2n) is 4.53. The third kappa shape index (κ3) is 4.62. The number of unbranched alkanes of at least 4 members (excludes halogenated alkanes) is 1. The fourth-order valence-corrected chi connectivity index (χ4v) is 2.24. The summed E-state index contributed by atoms with van der Waals surface area (Å²) in [7, 11) is 0. The van der Waals surface area contributed by atoms with Crippen LogP contribution >= 0.6 is 0 Å². The summed E-state index contributed by atoms with van der Waals surface area (Å²) in [5.74, 6) is 0. The SMILES string of the molecule is CC(C)N(C(C)C)C(C)CCCC#N. The normalized spacial score (nSPS) is 13.6. The van der Waals surface area contributed by atoms with Gasteiger partial charge in [0.2, 0.25) is 0 Å². The van der Waals surface area contributed by atoms with Crippen LogP contribution in [0.1, 0.15) is 53.9 Å². The molecule has 0 radical (unpaired) electrons. The zero-order chi connectivity index (χ0) is 11.1. The Bertz CT molecular complexity index is 171. The van der Waals surface area contributed by atoms with E-state index in [0.29, 0.717) is 24.5 Å². The Morgan fingerprint density at radius 3 is 1.93 bits per heavy atom. The molecule has 0 saturated heterocycles. The molecule has 2 heteroatoms. The average Bonchev–Trinajstić information content (AvgIpc) is 2.03. The lowest BCUT2D eigenvalue weighted by atomic mass is 10.1. The van der Waals surface area contributed by atoms with Crippen LogP contribution in [0.4, 0.5) is 0 Å². The first-order chi connectivity index (χ1) is 6.50. The standard InChI is InChI=1S/C12H24N2/c1-10(2)14(11(3)4)12(5)8-6-7-9-13/h10-12H,6-8H2,1-5H3. The van der Waals surface area contributed by atoms with Gasteiger partial charge in [-0.05, 0) is 47.5 Å². The topological polar surface area (TPSA) is 27.0 Å². The van der Waals surface area contributed by atoms with Crippen LogP contribution in [0.5, 0.6) is 0 Å². The minimum Gasteiger partial charge on any atom is -0.296 e. The third-order valence-electron chi connectivity index (χ3n) is 2.61. The molecule has 0 aliphatic heterocycles. The van der Waals surface area contributed by atoms with Crippen molar-refractivity contribution in [2.45, 2.75) is 72.0 Å². The number of nitrogens with zero attached hydrogens (tertiary/aromatic N) is 2. The number of hydrogen-bond acceptors (Lipinski definition) is 2. The number of nitriles is 1. The van der Waals surface area contributed by atoms with Crippen LogP contribution < -0.4 is 0 Å². The van der Waals surface area contributed by atoms with Gasteiger partial charge in [0.15, 0.2) is 0 Å². The minimum absolute atomic E-state index is 0.586. The Balaban J connectivity index is 4.03. The first-order valence-corrected chi connectivity index (χ1v) is 5.65. The summed E-state index contributed by atoms with van der Waals surface area (Å²) in [6, 6.07) is 3.97. The molecule has 0 spiro atoms. The van der Waals surface area contributed by atoms with Crippen molar-refractivity contribution in [3.8, 4) is 6.07 Å². The molecular formula is C12H24N2. The fourth-order valence-electron chi connectivity index (χ4n) is 2.24. The lowest BCUT2D eigenvalue weighted by Crippen LogP contribution is -2.43. The highest BCUT2D eigenvalue weighted by Crippen LogP contribution is 2.15. The van der Waals surface area contributed by atoms with Crippen molar-refractivity contribution in [3.05, 3.63) is 0 Å². The number of rotatable bonds is 6. The van der Waals surface area contributed by atoms with Crippen molar-refractivity contribution in [3.63, 3.8) is 0 Å². The second kappa shape index (κ2) is 6.84. The molecule has 0 aromatic rings. The first kappa shape index (κ1) is 13.4. The van der Waals surface area contributed by atoms with Crippen LogP contribution in [0, 0.1) is 11.3 Å². The van der Waals surface area contributed by atoms with Crippen LogP contribution in [-0.4, -0.2) is 23.0 Å². The van der Waals surface area contributed by atoms with E-state index in [1.54, 1.807) is 0 Å². The molecule has 0 bridgehead atoms. The monoisotopic (exact) mass is 196 g/mol. The third-order valence-corrected chi connectivity index (χ3v) is 2.61. The van der Waals surface area contributed by atoms with E-state index in [1.807, 2.05) is 0 Å². The van der Waals surface area contributed by atoms with E-state index in [-0.39, 0.29) is 0 Å². The maximum atomic E-state index is 8.47. The Morgan fingerprint density at radius 2 is 1.57 bits per heavy atom.